The Morgan fingerprint density at radius 2 is 1.77 bits per heavy atom. The van der Waals surface area contributed by atoms with E-state index in [2.05, 4.69) is 5.32 Å². The number of rotatable bonds is 5. The Hall–Kier alpha value is -3.02. The van der Waals surface area contributed by atoms with E-state index in [-0.39, 0.29) is 13.0 Å². The third kappa shape index (κ3) is 4.52. The molecule has 2 aromatic rings. The monoisotopic (exact) mass is 299 g/mol. The summed E-state index contributed by atoms with van der Waals surface area (Å²) in [6, 6.07) is 13.8. The summed E-state index contributed by atoms with van der Waals surface area (Å²) in [7, 11) is 0. The predicted octanol–water partition coefficient (Wildman–Crippen LogP) is 1.58. The lowest BCUT2D eigenvalue weighted by Crippen LogP contribution is -2.21. The molecule has 0 aliphatic rings. The van der Waals surface area contributed by atoms with Gasteiger partial charge in [-0.15, -0.1) is 0 Å². The molecule has 2 rings (SSSR count). The quantitative estimate of drug-likeness (QED) is 0.574. The Bertz CT molecular complexity index is 672. The molecule has 22 heavy (non-hydrogen) atoms. The van der Waals surface area contributed by atoms with Crippen LogP contribution in [0.25, 0.3) is 0 Å². The number of esters is 1. The van der Waals surface area contributed by atoms with Gasteiger partial charge in [-0.05, 0) is 29.8 Å². The van der Waals surface area contributed by atoms with Gasteiger partial charge in [0.1, 0.15) is 0 Å². The standard InChI is InChI=1S/C16H17N3O3/c17-12-7-6-11(14(18)9-12)8-16(21)22-10-15(20)19-13-4-2-1-3-5-13/h1-7,9H,8,10,17-18H2,(H,19,20). The van der Waals surface area contributed by atoms with Crippen molar-refractivity contribution < 1.29 is 14.3 Å². The van der Waals surface area contributed by atoms with Crippen LogP contribution in [0.1, 0.15) is 5.56 Å². The van der Waals surface area contributed by atoms with Crippen LogP contribution in [0.5, 0.6) is 0 Å². The smallest absolute Gasteiger partial charge is 0.310 e. The Morgan fingerprint density at radius 1 is 1.05 bits per heavy atom. The number of anilines is 3. The van der Waals surface area contributed by atoms with E-state index in [1.807, 2.05) is 6.07 Å². The molecule has 0 heterocycles. The molecule has 0 saturated heterocycles. The third-order valence-electron chi connectivity index (χ3n) is 2.93. The molecule has 0 atom stereocenters. The zero-order valence-corrected chi connectivity index (χ0v) is 11.9. The van der Waals surface area contributed by atoms with Crippen molar-refractivity contribution in [2.75, 3.05) is 23.4 Å². The Kier molecular flexibility index (Phi) is 4.98. The summed E-state index contributed by atoms with van der Waals surface area (Å²) in [6.07, 6.45) is -0.00920. The first-order valence-electron chi connectivity index (χ1n) is 6.69. The van der Waals surface area contributed by atoms with E-state index in [4.69, 9.17) is 16.2 Å². The predicted molar refractivity (Wildman–Crippen MR) is 85.0 cm³/mol. The van der Waals surface area contributed by atoms with Gasteiger partial charge in [0.2, 0.25) is 0 Å². The number of amides is 1. The third-order valence-corrected chi connectivity index (χ3v) is 2.93. The molecule has 6 heteroatoms. The van der Waals surface area contributed by atoms with Crippen molar-refractivity contribution in [3.05, 3.63) is 54.1 Å². The highest BCUT2D eigenvalue weighted by atomic mass is 16.5. The summed E-state index contributed by atoms with van der Waals surface area (Å²) in [5.41, 5.74) is 13.5. The highest BCUT2D eigenvalue weighted by Crippen LogP contribution is 2.16. The first-order chi connectivity index (χ1) is 10.5. The van der Waals surface area contributed by atoms with Crippen molar-refractivity contribution in [3.8, 4) is 0 Å². The molecule has 0 saturated carbocycles. The fourth-order valence-electron chi connectivity index (χ4n) is 1.85. The van der Waals surface area contributed by atoms with Crippen LogP contribution in [0.15, 0.2) is 48.5 Å². The Labute approximate surface area is 128 Å². The van der Waals surface area contributed by atoms with Gasteiger partial charge in [0.15, 0.2) is 6.61 Å². The molecule has 0 aliphatic carbocycles. The molecule has 1 amide bonds. The molecular formula is C16H17N3O3. The van der Waals surface area contributed by atoms with Gasteiger partial charge in [-0.25, -0.2) is 0 Å². The molecule has 0 aliphatic heterocycles. The van der Waals surface area contributed by atoms with Crippen molar-refractivity contribution in [2.45, 2.75) is 6.42 Å². The molecule has 0 spiro atoms. The van der Waals surface area contributed by atoms with Crippen LogP contribution in [-0.2, 0) is 20.7 Å². The van der Waals surface area contributed by atoms with Crippen molar-refractivity contribution in [3.63, 3.8) is 0 Å². The molecule has 6 nitrogen and oxygen atoms in total. The topological polar surface area (TPSA) is 107 Å². The average Bonchev–Trinajstić information content (AvgIpc) is 2.49. The molecule has 5 N–H and O–H groups in total. The van der Waals surface area contributed by atoms with Crippen LogP contribution in [0.2, 0.25) is 0 Å². The van der Waals surface area contributed by atoms with Gasteiger partial charge < -0.3 is 21.5 Å². The summed E-state index contributed by atoms with van der Waals surface area (Å²) >= 11 is 0. The SMILES string of the molecule is Nc1ccc(CC(=O)OCC(=O)Nc2ccccc2)c(N)c1. The maximum Gasteiger partial charge on any atom is 0.310 e. The van der Waals surface area contributed by atoms with Gasteiger partial charge in [0.05, 0.1) is 6.42 Å². The number of hydrogen-bond donors (Lipinski definition) is 3. The molecule has 0 fully saturated rings. The van der Waals surface area contributed by atoms with Crippen molar-refractivity contribution in [1.82, 2.24) is 0 Å². The van der Waals surface area contributed by atoms with Crippen LogP contribution in [-0.4, -0.2) is 18.5 Å². The highest BCUT2D eigenvalue weighted by Gasteiger charge is 2.10. The summed E-state index contributed by atoms with van der Waals surface area (Å²) in [4.78, 5) is 23.4. The van der Waals surface area contributed by atoms with Gasteiger partial charge >= 0.3 is 5.97 Å². The number of carbonyl (C=O) groups excluding carboxylic acids is 2. The molecular weight excluding hydrogens is 282 g/mol. The minimum Gasteiger partial charge on any atom is -0.455 e. The van der Waals surface area contributed by atoms with Crippen molar-refractivity contribution in [1.29, 1.82) is 0 Å². The molecule has 0 bridgehead atoms. The largest absolute Gasteiger partial charge is 0.455 e. The van der Waals surface area contributed by atoms with E-state index in [1.165, 1.54) is 0 Å². The molecule has 2 aromatic carbocycles. The minimum absolute atomic E-state index is 0.00920. The van der Waals surface area contributed by atoms with Crippen LogP contribution in [0.3, 0.4) is 0 Å². The number of para-hydroxylation sites is 1. The van der Waals surface area contributed by atoms with Gasteiger partial charge in [-0.3, -0.25) is 9.59 Å². The Balaban J connectivity index is 1.81. The van der Waals surface area contributed by atoms with Gasteiger partial charge in [0.25, 0.3) is 5.91 Å². The van der Waals surface area contributed by atoms with E-state index >= 15 is 0 Å². The minimum atomic E-state index is -0.528. The number of nitrogens with one attached hydrogen (secondary N) is 1. The maximum atomic E-state index is 11.7. The van der Waals surface area contributed by atoms with Gasteiger partial charge in [0, 0.05) is 17.1 Å². The highest BCUT2D eigenvalue weighted by molar-refractivity contribution is 5.92. The number of ether oxygens (including phenoxy) is 1. The lowest BCUT2D eigenvalue weighted by molar-refractivity contribution is -0.146. The first kappa shape index (κ1) is 15.4. The fourth-order valence-corrected chi connectivity index (χ4v) is 1.85. The molecule has 0 radical (unpaired) electrons. The van der Waals surface area contributed by atoms with E-state index in [0.29, 0.717) is 22.6 Å². The number of benzene rings is 2. The lowest BCUT2D eigenvalue weighted by Gasteiger charge is -2.08. The van der Waals surface area contributed by atoms with Crippen LogP contribution in [0, 0.1) is 0 Å². The van der Waals surface area contributed by atoms with Crippen molar-refractivity contribution in [2.24, 2.45) is 0 Å². The van der Waals surface area contributed by atoms with E-state index < -0.39 is 11.9 Å². The summed E-state index contributed by atoms with van der Waals surface area (Å²) in [5, 5.41) is 2.62. The zero-order chi connectivity index (χ0) is 15.9. The zero-order valence-electron chi connectivity index (χ0n) is 11.9. The molecule has 0 unspecified atom stereocenters. The van der Waals surface area contributed by atoms with Gasteiger partial charge in [-0.2, -0.15) is 0 Å². The van der Waals surface area contributed by atoms with Crippen molar-refractivity contribution >= 4 is 28.9 Å². The molecule has 114 valence electrons. The second kappa shape index (κ2) is 7.12. The van der Waals surface area contributed by atoms with E-state index in [9.17, 15) is 9.59 Å². The first-order valence-corrected chi connectivity index (χ1v) is 6.69. The second-order valence-corrected chi connectivity index (χ2v) is 4.71. The summed E-state index contributed by atoms with van der Waals surface area (Å²) in [6.45, 7) is -0.345. The Morgan fingerprint density at radius 3 is 2.45 bits per heavy atom. The maximum absolute atomic E-state index is 11.7. The van der Waals surface area contributed by atoms with E-state index in [1.54, 1.807) is 42.5 Å². The summed E-state index contributed by atoms with van der Waals surface area (Å²) < 4.78 is 4.93. The van der Waals surface area contributed by atoms with E-state index in [0.717, 1.165) is 0 Å². The van der Waals surface area contributed by atoms with Crippen LogP contribution < -0.4 is 16.8 Å². The second-order valence-electron chi connectivity index (χ2n) is 4.71. The molecule has 0 aromatic heterocycles. The van der Waals surface area contributed by atoms with Gasteiger partial charge in [-0.1, -0.05) is 24.3 Å². The fraction of sp³-hybridized carbons (Fsp3) is 0.125. The van der Waals surface area contributed by atoms with Crippen LogP contribution >= 0.6 is 0 Å². The lowest BCUT2D eigenvalue weighted by atomic mass is 10.1. The summed E-state index contributed by atoms with van der Waals surface area (Å²) in [5.74, 6) is -0.926. The van der Waals surface area contributed by atoms with Crippen LogP contribution in [0.4, 0.5) is 17.1 Å². The number of nitrogen functional groups attached to an aromatic ring is 2. The average molecular weight is 299 g/mol. The number of hydrogen-bond acceptors (Lipinski definition) is 5. The number of nitrogens with two attached hydrogens (primary N) is 2. The normalized spacial score (nSPS) is 10.0. The number of carbonyl (C=O) groups is 2.